The average Bonchev–Trinajstić information content (AvgIpc) is 2.43. The van der Waals surface area contributed by atoms with Crippen molar-refractivity contribution in [3.8, 4) is 0 Å². The third kappa shape index (κ3) is 3.92. The fourth-order valence-electron chi connectivity index (χ4n) is 1.95. The molecule has 0 radical (unpaired) electrons. The summed E-state index contributed by atoms with van der Waals surface area (Å²) in [7, 11) is 0. The normalized spacial score (nSPS) is 11.9. The largest absolute Gasteiger partial charge is 0.324 e. The SMILES string of the molecule is Cc1cc(Br)ccc1NC(=O)[C@H](N)Cc1ccccc1. The van der Waals surface area contributed by atoms with Crippen molar-refractivity contribution in [1.82, 2.24) is 0 Å². The van der Waals surface area contributed by atoms with Crippen LogP contribution in [0.25, 0.3) is 0 Å². The highest BCUT2D eigenvalue weighted by Gasteiger charge is 2.14. The Labute approximate surface area is 127 Å². The molecule has 4 heteroatoms. The zero-order valence-electron chi connectivity index (χ0n) is 11.3. The molecule has 0 aliphatic carbocycles. The molecule has 104 valence electrons. The van der Waals surface area contributed by atoms with E-state index >= 15 is 0 Å². The fraction of sp³-hybridized carbons (Fsp3) is 0.188. The van der Waals surface area contributed by atoms with Crippen molar-refractivity contribution < 1.29 is 4.79 Å². The number of aryl methyl sites for hydroxylation is 1. The van der Waals surface area contributed by atoms with Crippen molar-refractivity contribution in [2.75, 3.05) is 5.32 Å². The molecule has 20 heavy (non-hydrogen) atoms. The van der Waals surface area contributed by atoms with E-state index in [1.54, 1.807) is 0 Å². The number of nitrogens with two attached hydrogens (primary N) is 1. The van der Waals surface area contributed by atoms with Gasteiger partial charge in [-0.15, -0.1) is 0 Å². The number of amides is 1. The predicted octanol–water partition coefficient (Wildman–Crippen LogP) is 3.27. The van der Waals surface area contributed by atoms with Crippen molar-refractivity contribution >= 4 is 27.5 Å². The molecule has 0 fully saturated rings. The number of hydrogen-bond donors (Lipinski definition) is 2. The van der Waals surface area contributed by atoms with Gasteiger partial charge < -0.3 is 11.1 Å². The van der Waals surface area contributed by atoms with Crippen LogP contribution in [0.4, 0.5) is 5.69 Å². The molecule has 0 aliphatic rings. The Bertz CT molecular complexity index is 599. The van der Waals surface area contributed by atoms with Crippen LogP contribution in [0.1, 0.15) is 11.1 Å². The molecule has 3 nitrogen and oxygen atoms in total. The van der Waals surface area contributed by atoms with E-state index in [0.29, 0.717) is 6.42 Å². The van der Waals surface area contributed by atoms with Gasteiger partial charge in [-0.05, 0) is 42.7 Å². The smallest absolute Gasteiger partial charge is 0.241 e. The lowest BCUT2D eigenvalue weighted by Gasteiger charge is -2.14. The number of anilines is 1. The van der Waals surface area contributed by atoms with Gasteiger partial charge >= 0.3 is 0 Å². The van der Waals surface area contributed by atoms with Gasteiger partial charge in [0.25, 0.3) is 0 Å². The first-order chi connectivity index (χ1) is 9.56. The Hall–Kier alpha value is -1.65. The van der Waals surface area contributed by atoms with Crippen molar-refractivity contribution in [2.45, 2.75) is 19.4 Å². The van der Waals surface area contributed by atoms with Gasteiger partial charge in [-0.25, -0.2) is 0 Å². The highest BCUT2D eigenvalue weighted by atomic mass is 79.9. The van der Waals surface area contributed by atoms with Crippen LogP contribution in [0.2, 0.25) is 0 Å². The number of benzene rings is 2. The van der Waals surface area contributed by atoms with Gasteiger partial charge in [0.05, 0.1) is 6.04 Å². The third-order valence-electron chi connectivity index (χ3n) is 3.08. The summed E-state index contributed by atoms with van der Waals surface area (Å²) in [6.07, 6.45) is 0.530. The van der Waals surface area contributed by atoms with Crippen LogP contribution in [-0.2, 0) is 11.2 Å². The molecule has 2 rings (SSSR count). The van der Waals surface area contributed by atoms with Gasteiger partial charge in [-0.3, -0.25) is 4.79 Å². The molecule has 0 bridgehead atoms. The van der Waals surface area contributed by atoms with Crippen molar-refractivity contribution in [2.24, 2.45) is 5.73 Å². The van der Waals surface area contributed by atoms with Gasteiger partial charge in [0.15, 0.2) is 0 Å². The first kappa shape index (κ1) is 14.8. The third-order valence-corrected chi connectivity index (χ3v) is 3.57. The van der Waals surface area contributed by atoms with Crippen LogP contribution in [0.3, 0.4) is 0 Å². The summed E-state index contributed by atoms with van der Waals surface area (Å²) in [5.41, 5.74) is 8.81. The van der Waals surface area contributed by atoms with Crippen LogP contribution < -0.4 is 11.1 Å². The van der Waals surface area contributed by atoms with E-state index in [1.165, 1.54) is 0 Å². The molecule has 0 spiro atoms. The second kappa shape index (κ2) is 6.68. The van der Waals surface area contributed by atoms with Crippen LogP contribution in [0, 0.1) is 6.92 Å². The van der Waals surface area contributed by atoms with Crippen molar-refractivity contribution in [3.63, 3.8) is 0 Å². The molecule has 1 atom stereocenters. The summed E-state index contributed by atoms with van der Waals surface area (Å²) in [6.45, 7) is 1.95. The summed E-state index contributed by atoms with van der Waals surface area (Å²) in [6, 6.07) is 14.9. The van der Waals surface area contributed by atoms with Crippen LogP contribution in [0.5, 0.6) is 0 Å². The Balaban J connectivity index is 2.01. The highest BCUT2D eigenvalue weighted by molar-refractivity contribution is 9.10. The molecule has 0 aliphatic heterocycles. The summed E-state index contributed by atoms with van der Waals surface area (Å²) < 4.78 is 0.988. The van der Waals surface area contributed by atoms with Crippen molar-refractivity contribution in [3.05, 3.63) is 64.1 Å². The van der Waals surface area contributed by atoms with Crippen LogP contribution in [0.15, 0.2) is 53.0 Å². The molecule has 3 N–H and O–H groups in total. The molecular weight excluding hydrogens is 316 g/mol. The van der Waals surface area contributed by atoms with Gasteiger partial charge in [0.2, 0.25) is 5.91 Å². The first-order valence-corrected chi connectivity index (χ1v) is 7.22. The maximum absolute atomic E-state index is 12.1. The number of rotatable bonds is 4. The maximum atomic E-state index is 12.1. The molecule has 2 aromatic carbocycles. The molecule has 2 aromatic rings. The Kier molecular flexibility index (Phi) is 4.93. The predicted molar refractivity (Wildman–Crippen MR) is 85.6 cm³/mol. The van der Waals surface area contributed by atoms with E-state index in [2.05, 4.69) is 21.2 Å². The van der Waals surface area contributed by atoms with E-state index in [9.17, 15) is 4.79 Å². The molecule has 0 saturated carbocycles. The standard InChI is InChI=1S/C16H17BrN2O/c1-11-9-13(17)7-8-15(11)19-16(20)14(18)10-12-5-3-2-4-6-12/h2-9,14H,10,18H2,1H3,(H,19,20)/t14-/m1/s1. The Morgan fingerprint density at radius 3 is 2.60 bits per heavy atom. The quantitative estimate of drug-likeness (QED) is 0.902. The summed E-state index contributed by atoms with van der Waals surface area (Å²) >= 11 is 3.40. The molecular formula is C16H17BrN2O. The Morgan fingerprint density at radius 1 is 1.25 bits per heavy atom. The van der Waals surface area contributed by atoms with Gasteiger partial charge in [0, 0.05) is 10.2 Å². The number of nitrogens with one attached hydrogen (secondary N) is 1. The summed E-state index contributed by atoms with van der Waals surface area (Å²) in [5, 5.41) is 2.87. The Morgan fingerprint density at radius 2 is 1.95 bits per heavy atom. The van der Waals surface area contributed by atoms with Gasteiger partial charge in [0.1, 0.15) is 0 Å². The lowest BCUT2D eigenvalue weighted by Crippen LogP contribution is -2.37. The van der Waals surface area contributed by atoms with E-state index in [-0.39, 0.29) is 5.91 Å². The summed E-state index contributed by atoms with van der Waals surface area (Å²) in [4.78, 5) is 12.1. The van der Waals surface area contributed by atoms with E-state index < -0.39 is 6.04 Å². The van der Waals surface area contributed by atoms with Gasteiger partial charge in [-0.2, -0.15) is 0 Å². The van der Waals surface area contributed by atoms with Crippen molar-refractivity contribution in [1.29, 1.82) is 0 Å². The molecule has 0 heterocycles. The minimum Gasteiger partial charge on any atom is -0.324 e. The van der Waals surface area contributed by atoms with Crippen LogP contribution in [-0.4, -0.2) is 11.9 Å². The second-order valence-corrected chi connectivity index (χ2v) is 5.66. The number of halogens is 1. The monoisotopic (exact) mass is 332 g/mol. The van der Waals surface area contributed by atoms with Crippen LogP contribution >= 0.6 is 15.9 Å². The second-order valence-electron chi connectivity index (χ2n) is 4.74. The molecule has 0 unspecified atom stereocenters. The van der Waals surface area contributed by atoms with Gasteiger partial charge in [-0.1, -0.05) is 46.3 Å². The van der Waals surface area contributed by atoms with E-state index in [4.69, 9.17) is 5.73 Å². The first-order valence-electron chi connectivity index (χ1n) is 6.43. The zero-order valence-corrected chi connectivity index (χ0v) is 12.9. The minimum atomic E-state index is -0.555. The fourth-order valence-corrected chi connectivity index (χ4v) is 2.43. The molecule has 0 aromatic heterocycles. The topological polar surface area (TPSA) is 55.1 Å². The molecule has 0 saturated heterocycles. The van der Waals surface area contributed by atoms with E-state index in [0.717, 1.165) is 21.3 Å². The number of hydrogen-bond acceptors (Lipinski definition) is 2. The average molecular weight is 333 g/mol. The lowest BCUT2D eigenvalue weighted by atomic mass is 10.1. The lowest BCUT2D eigenvalue weighted by molar-refractivity contribution is -0.117. The van der Waals surface area contributed by atoms with E-state index in [1.807, 2.05) is 55.5 Å². The molecule has 1 amide bonds. The zero-order chi connectivity index (χ0) is 14.5. The summed E-state index contributed by atoms with van der Waals surface area (Å²) in [5.74, 6) is -0.167. The number of carbonyl (C=O) groups excluding carboxylic acids is 1. The number of carbonyl (C=O) groups is 1. The maximum Gasteiger partial charge on any atom is 0.241 e. The highest BCUT2D eigenvalue weighted by Crippen LogP contribution is 2.20. The minimum absolute atomic E-state index is 0.167.